The maximum Gasteiger partial charge on any atom is 0.170 e. The average Bonchev–Trinajstić information content (AvgIpc) is 2.47. The summed E-state index contributed by atoms with van der Waals surface area (Å²) in [6, 6.07) is 2.32. The highest BCUT2D eigenvalue weighted by atomic mass is 19.1. The predicted octanol–water partition coefficient (Wildman–Crippen LogP) is 1.60. The summed E-state index contributed by atoms with van der Waals surface area (Å²) in [6.07, 6.45) is 5.24. The lowest BCUT2D eigenvalue weighted by Crippen LogP contribution is -2.53. The summed E-state index contributed by atoms with van der Waals surface area (Å²) in [5, 5.41) is 0. The molecule has 110 valence electrons. The van der Waals surface area contributed by atoms with Crippen molar-refractivity contribution in [1.82, 2.24) is 9.88 Å². The molecule has 5 heteroatoms. The molecule has 2 N–H and O–H groups in total. The quantitative estimate of drug-likeness (QED) is 0.892. The average molecular weight is 278 g/mol. The fourth-order valence-electron chi connectivity index (χ4n) is 3.69. The van der Waals surface area contributed by atoms with E-state index in [4.69, 9.17) is 5.73 Å². The van der Waals surface area contributed by atoms with Crippen LogP contribution in [0.5, 0.6) is 0 Å². The second-order valence-electron chi connectivity index (χ2n) is 6.00. The standard InChI is InChI=1S/C15H23FN4/c1-19-7-2-3-12-10-20(8-5-13(12)19)15-14(16)11(9-17)4-6-18-15/h4,6,12-13H,2-3,5,7-10,17H2,1H3. The van der Waals surface area contributed by atoms with E-state index in [1.54, 1.807) is 12.3 Å². The number of anilines is 1. The molecule has 1 aromatic heterocycles. The van der Waals surface area contributed by atoms with Crippen molar-refractivity contribution >= 4 is 5.82 Å². The number of likely N-dealkylation sites (tertiary alicyclic amines) is 1. The van der Waals surface area contributed by atoms with Crippen LogP contribution in [0.3, 0.4) is 0 Å². The number of pyridine rings is 1. The number of rotatable bonds is 2. The number of hydrogen-bond donors (Lipinski definition) is 1. The van der Waals surface area contributed by atoms with Gasteiger partial charge in [0.2, 0.25) is 0 Å². The minimum absolute atomic E-state index is 0.226. The van der Waals surface area contributed by atoms with Crippen LogP contribution in [-0.2, 0) is 6.54 Å². The van der Waals surface area contributed by atoms with Crippen LogP contribution >= 0.6 is 0 Å². The summed E-state index contributed by atoms with van der Waals surface area (Å²) in [4.78, 5) is 8.82. The zero-order valence-corrected chi connectivity index (χ0v) is 12.1. The molecule has 2 unspecified atom stereocenters. The van der Waals surface area contributed by atoms with E-state index >= 15 is 0 Å². The monoisotopic (exact) mass is 278 g/mol. The molecule has 3 rings (SSSR count). The van der Waals surface area contributed by atoms with Crippen molar-refractivity contribution in [2.24, 2.45) is 11.7 Å². The van der Waals surface area contributed by atoms with Crippen LogP contribution in [0.1, 0.15) is 24.8 Å². The fraction of sp³-hybridized carbons (Fsp3) is 0.667. The highest BCUT2D eigenvalue weighted by molar-refractivity contribution is 5.43. The highest BCUT2D eigenvalue weighted by Crippen LogP contribution is 2.32. The first-order valence-electron chi connectivity index (χ1n) is 7.49. The minimum atomic E-state index is -0.238. The summed E-state index contributed by atoms with van der Waals surface area (Å²) < 4.78 is 14.4. The second-order valence-corrected chi connectivity index (χ2v) is 6.00. The van der Waals surface area contributed by atoms with E-state index in [0.29, 0.717) is 23.3 Å². The second kappa shape index (κ2) is 5.66. The molecule has 3 heterocycles. The lowest BCUT2D eigenvalue weighted by atomic mass is 9.84. The van der Waals surface area contributed by atoms with Gasteiger partial charge in [-0.1, -0.05) is 0 Å². The van der Waals surface area contributed by atoms with Crippen molar-refractivity contribution in [2.45, 2.75) is 31.8 Å². The van der Waals surface area contributed by atoms with Gasteiger partial charge in [0.1, 0.15) is 0 Å². The molecule has 2 aliphatic rings. The number of aromatic nitrogens is 1. The normalized spacial score (nSPS) is 27.4. The first kappa shape index (κ1) is 13.8. The Kier molecular flexibility index (Phi) is 3.89. The molecule has 0 saturated carbocycles. The zero-order chi connectivity index (χ0) is 14.1. The molecule has 0 aliphatic carbocycles. The van der Waals surface area contributed by atoms with Gasteiger partial charge in [-0.2, -0.15) is 0 Å². The topological polar surface area (TPSA) is 45.4 Å². The number of nitrogens with zero attached hydrogens (tertiary/aromatic N) is 3. The van der Waals surface area contributed by atoms with Crippen molar-refractivity contribution in [3.63, 3.8) is 0 Å². The Bertz CT molecular complexity index is 479. The van der Waals surface area contributed by atoms with Gasteiger partial charge in [-0.25, -0.2) is 9.37 Å². The van der Waals surface area contributed by atoms with Crippen LogP contribution in [0.2, 0.25) is 0 Å². The predicted molar refractivity (Wildman–Crippen MR) is 78.1 cm³/mol. The molecule has 2 aliphatic heterocycles. The number of piperidine rings is 2. The maximum atomic E-state index is 14.4. The third-order valence-electron chi connectivity index (χ3n) is 4.82. The van der Waals surface area contributed by atoms with Gasteiger partial charge in [0.05, 0.1) is 0 Å². The van der Waals surface area contributed by atoms with Crippen LogP contribution in [0, 0.1) is 11.7 Å². The lowest BCUT2D eigenvalue weighted by Gasteiger charge is -2.46. The SMILES string of the molecule is CN1CCCC2CN(c3nccc(CN)c3F)CCC21. The van der Waals surface area contributed by atoms with E-state index in [-0.39, 0.29) is 12.4 Å². The van der Waals surface area contributed by atoms with Crippen LogP contribution in [0.4, 0.5) is 10.2 Å². The minimum Gasteiger partial charge on any atom is -0.354 e. The van der Waals surface area contributed by atoms with Crippen LogP contribution < -0.4 is 10.6 Å². The molecule has 0 amide bonds. The van der Waals surface area contributed by atoms with Gasteiger partial charge in [0, 0.05) is 37.4 Å². The maximum absolute atomic E-state index is 14.4. The van der Waals surface area contributed by atoms with Gasteiger partial charge in [-0.3, -0.25) is 0 Å². The molecule has 1 aromatic rings. The van der Waals surface area contributed by atoms with Crippen LogP contribution in [-0.4, -0.2) is 42.6 Å². The third-order valence-corrected chi connectivity index (χ3v) is 4.82. The van der Waals surface area contributed by atoms with E-state index in [1.807, 2.05) is 0 Å². The van der Waals surface area contributed by atoms with Crippen molar-refractivity contribution in [3.8, 4) is 0 Å². The van der Waals surface area contributed by atoms with Crippen molar-refractivity contribution in [3.05, 3.63) is 23.6 Å². The summed E-state index contributed by atoms with van der Waals surface area (Å²) in [6.45, 7) is 3.21. The van der Waals surface area contributed by atoms with Crippen LogP contribution in [0.25, 0.3) is 0 Å². The molecule has 2 saturated heterocycles. The van der Waals surface area contributed by atoms with Gasteiger partial charge < -0.3 is 15.5 Å². The molecular weight excluding hydrogens is 255 g/mol. The Hall–Kier alpha value is -1.20. The summed E-state index contributed by atoms with van der Waals surface area (Å²) in [7, 11) is 2.21. The van der Waals surface area contributed by atoms with E-state index in [2.05, 4.69) is 21.8 Å². The fourth-order valence-corrected chi connectivity index (χ4v) is 3.69. The number of hydrogen-bond acceptors (Lipinski definition) is 4. The van der Waals surface area contributed by atoms with E-state index in [9.17, 15) is 4.39 Å². The number of nitrogens with two attached hydrogens (primary N) is 1. The van der Waals surface area contributed by atoms with Gasteiger partial charge in [-0.05, 0) is 44.8 Å². The Morgan fingerprint density at radius 1 is 1.40 bits per heavy atom. The Morgan fingerprint density at radius 3 is 3.05 bits per heavy atom. The van der Waals surface area contributed by atoms with Gasteiger partial charge in [-0.15, -0.1) is 0 Å². The number of fused-ring (bicyclic) bond motifs is 1. The first-order valence-corrected chi connectivity index (χ1v) is 7.49. The number of halogens is 1. The van der Waals surface area contributed by atoms with Gasteiger partial charge >= 0.3 is 0 Å². The molecule has 0 aromatic carbocycles. The Morgan fingerprint density at radius 2 is 2.25 bits per heavy atom. The summed E-state index contributed by atoms with van der Waals surface area (Å²) >= 11 is 0. The van der Waals surface area contributed by atoms with Gasteiger partial charge in [0.25, 0.3) is 0 Å². The zero-order valence-electron chi connectivity index (χ0n) is 12.1. The third kappa shape index (κ3) is 2.40. The summed E-state index contributed by atoms with van der Waals surface area (Å²) in [5.74, 6) is 0.877. The van der Waals surface area contributed by atoms with Crippen LogP contribution in [0.15, 0.2) is 12.3 Å². The smallest absolute Gasteiger partial charge is 0.170 e. The van der Waals surface area contributed by atoms with E-state index < -0.39 is 0 Å². The summed E-state index contributed by atoms with van der Waals surface area (Å²) in [5.41, 5.74) is 6.13. The lowest BCUT2D eigenvalue weighted by molar-refractivity contribution is 0.102. The molecule has 2 fully saturated rings. The molecule has 4 nitrogen and oxygen atoms in total. The Balaban J connectivity index is 1.79. The molecule has 0 spiro atoms. The van der Waals surface area contributed by atoms with Crippen molar-refractivity contribution in [1.29, 1.82) is 0 Å². The largest absolute Gasteiger partial charge is 0.354 e. The van der Waals surface area contributed by atoms with Gasteiger partial charge in [0.15, 0.2) is 11.6 Å². The molecule has 2 atom stereocenters. The van der Waals surface area contributed by atoms with E-state index in [0.717, 1.165) is 19.5 Å². The molecular formula is C15H23FN4. The first-order chi connectivity index (χ1) is 9.70. The highest BCUT2D eigenvalue weighted by Gasteiger charge is 2.35. The molecule has 0 radical (unpaired) electrons. The van der Waals surface area contributed by atoms with E-state index in [1.165, 1.54) is 19.4 Å². The van der Waals surface area contributed by atoms with Crippen molar-refractivity contribution < 1.29 is 4.39 Å². The molecule has 20 heavy (non-hydrogen) atoms. The van der Waals surface area contributed by atoms with Crippen molar-refractivity contribution in [2.75, 3.05) is 31.6 Å². The Labute approximate surface area is 119 Å². The molecule has 0 bridgehead atoms.